The van der Waals surface area contributed by atoms with Crippen LogP contribution in [0.25, 0.3) is 0 Å². The van der Waals surface area contributed by atoms with Crippen LogP contribution in [0.4, 0.5) is 10.1 Å². The van der Waals surface area contributed by atoms with E-state index in [2.05, 4.69) is 20.1 Å². The number of piperazine rings is 1. The summed E-state index contributed by atoms with van der Waals surface area (Å²) in [6, 6.07) is 6.52. The number of hydrogen-bond donors (Lipinski definition) is 1. The molecule has 0 atom stereocenters. The smallest absolute Gasteiger partial charge is 0.194 e. The van der Waals surface area contributed by atoms with Crippen LogP contribution in [0.2, 0.25) is 0 Å². The molecule has 1 aliphatic rings. The van der Waals surface area contributed by atoms with Gasteiger partial charge in [0.15, 0.2) is 5.96 Å². The largest absolute Gasteiger partial charge is 0.368 e. The zero-order valence-corrected chi connectivity index (χ0v) is 15.0. The summed E-state index contributed by atoms with van der Waals surface area (Å²) in [7, 11) is -3.01. The third kappa shape index (κ3) is 5.67. The Morgan fingerprint density at radius 2 is 1.83 bits per heavy atom. The summed E-state index contributed by atoms with van der Waals surface area (Å²) in [5.41, 5.74) is 1.01. The zero-order valence-electron chi connectivity index (χ0n) is 14.2. The molecule has 0 aliphatic carbocycles. The molecule has 1 aromatic rings. The quantitative estimate of drug-likeness (QED) is 0.629. The molecule has 1 heterocycles. The molecule has 0 amide bonds. The lowest BCUT2D eigenvalue weighted by Crippen LogP contribution is -2.52. The molecule has 1 fully saturated rings. The number of rotatable bonds is 5. The van der Waals surface area contributed by atoms with Crippen molar-refractivity contribution in [2.45, 2.75) is 6.92 Å². The molecule has 1 saturated heterocycles. The first-order valence-corrected chi connectivity index (χ1v) is 10.2. The van der Waals surface area contributed by atoms with E-state index in [4.69, 9.17) is 0 Å². The second-order valence-corrected chi connectivity index (χ2v) is 8.08. The Morgan fingerprint density at radius 3 is 2.38 bits per heavy atom. The van der Waals surface area contributed by atoms with Crippen molar-refractivity contribution >= 4 is 21.5 Å². The van der Waals surface area contributed by atoms with E-state index < -0.39 is 9.84 Å². The fraction of sp³-hybridized carbons (Fsp3) is 0.562. The van der Waals surface area contributed by atoms with Gasteiger partial charge in [-0.15, -0.1) is 0 Å². The average molecular weight is 356 g/mol. The second-order valence-electron chi connectivity index (χ2n) is 5.82. The lowest BCUT2D eigenvalue weighted by atomic mass is 10.2. The van der Waals surface area contributed by atoms with E-state index in [0.29, 0.717) is 0 Å². The first kappa shape index (κ1) is 18.5. The standard InChI is InChI=1S/C16H25FN4O2S/c1-3-18-16(19-8-13-24(2,22)23)21-11-9-20(10-12-21)15-6-4-14(17)5-7-15/h4-7H,3,8-13H2,1-2H3,(H,18,19). The molecule has 1 aliphatic heterocycles. The Bertz CT molecular complexity index is 653. The lowest BCUT2D eigenvalue weighted by Gasteiger charge is -2.37. The highest BCUT2D eigenvalue weighted by molar-refractivity contribution is 7.90. The highest BCUT2D eigenvalue weighted by Gasteiger charge is 2.19. The summed E-state index contributed by atoms with van der Waals surface area (Å²) < 4.78 is 35.5. The molecular weight excluding hydrogens is 331 g/mol. The summed E-state index contributed by atoms with van der Waals surface area (Å²) in [5, 5.41) is 3.21. The third-order valence-electron chi connectivity index (χ3n) is 3.83. The van der Waals surface area contributed by atoms with Crippen molar-refractivity contribution in [2.24, 2.45) is 4.99 Å². The molecule has 0 saturated carbocycles. The van der Waals surface area contributed by atoms with E-state index in [0.717, 1.165) is 44.4 Å². The number of nitrogens with zero attached hydrogens (tertiary/aromatic N) is 3. The number of anilines is 1. The van der Waals surface area contributed by atoms with Gasteiger partial charge in [-0.25, -0.2) is 12.8 Å². The predicted octanol–water partition coefficient (Wildman–Crippen LogP) is 0.958. The number of benzene rings is 1. The van der Waals surface area contributed by atoms with E-state index in [1.165, 1.54) is 18.4 Å². The van der Waals surface area contributed by atoms with Crippen LogP contribution in [0.15, 0.2) is 29.3 Å². The maximum atomic E-state index is 13.0. The maximum absolute atomic E-state index is 13.0. The van der Waals surface area contributed by atoms with Gasteiger partial charge < -0.3 is 15.1 Å². The topological polar surface area (TPSA) is 65.0 Å². The molecule has 0 aromatic heterocycles. The number of hydrogen-bond acceptors (Lipinski definition) is 4. The highest BCUT2D eigenvalue weighted by atomic mass is 32.2. The van der Waals surface area contributed by atoms with Crippen LogP contribution in [-0.2, 0) is 9.84 Å². The Kier molecular flexibility index (Phi) is 6.42. The van der Waals surface area contributed by atoms with Crippen LogP contribution in [0.5, 0.6) is 0 Å². The molecule has 8 heteroatoms. The number of aliphatic imine (C=N–C) groups is 1. The summed E-state index contributed by atoms with van der Waals surface area (Å²) in [6.45, 7) is 6.16. The van der Waals surface area contributed by atoms with E-state index in [-0.39, 0.29) is 18.1 Å². The van der Waals surface area contributed by atoms with Gasteiger partial charge in [0.25, 0.3) is 0 Å². The molecule has 0 spiro atoms. The monoisotopic (exact) mass is 356 g/mol. The molecule has 6 nitrogen and oxygen atoms in total. The Balaban J connectivity index is 1.94. The Hall–Kier alpha value is -1.83. The van der Waals surface area contributed by atoms with Crippen molar-refractivity contribution in [2.75, 3.05) is 56.2 Å². The molecule has 0 radical (unpaired) electrons. The number of guanidine groups is 1. The van der Waals surface area contributed by atoms with Crippen molar-refractivity contribution < 1.29 is 12.8 Å². The van der Waals surface area contributed by atoms with E-state index in [9.17, 15) is 12.8 Å². The Morgan fingerprint density at radius 1 is 1.21 bits per heavy atom. The fourth-order valence-corrected chi connectivity index (χ4v) is 2.99. The van der Waals surface area contributed by atoms with Crippen LogP contribution in [0.3, 0.4) is 0 Å². The minimum atomic E-state index is -3.01. The van der Waals surface area contributed by atoms with Gasteiger partial charge >= 0.3 is 0 Å². The van der Waals surface area contributed by atoms with E-state index in [1.807, 2.05) is 6.92 Å². The number of sulfone groups is 1. The van der Waals surface area contributed by atoms with Gasteiger partial charge in [-0.2, -0.15) is 0 Å². The van der Waals surface area contributed by atoms with Crippen molar-refractivity contribution in [3.63, 3.8) is 0 Å². The van der Waals surface area contributed by atoms with Crippen molar-refractivity contribution in [1.82, 2.24) is 10.2 Å². The van der Waals surface area contributed by atoms with Gasteiger partial charge in [0, 0.05) is 44.7 Å². The van der Waals surface area contributed by atoms with E-state index >= 15 is 0 Å². The summed E-state index contributed by atoms with van der Waals surface area (Å²) in [6.07, 6.45) is 1.22. The summed E-state index contributed by atoms with van der Waals surface area (Å²) >= 11 is 0. The van der Waals surface area contributed by atoms with E-state index in [1.54, 1.807) is 12.1 Å². The Labute approximate surface area is 143 Å². The van der Waals surface area contributed by atoms with Gasteiger partial charge in [0.2, 0.25) is 0 Å². The van der Waals surface area contributed by atoms with Crippen LogP contribution < -0.4 is 10.2 Å². The molecular formula is C16H25FN4O2S. The van der Waals surface area contributed by atoms with Crippen LogP contribution in [0.1, 0.15) is 6.92 Å². The number of nitrogens with one attached hydrogen (secondary N) is 1. The molecule has 1 aromatic carbocycles. The van der Waals surface area contributed by atoms with Crippen molar-refractivity contribution in [3.05, 3.63) is 30.1 Å². The lowest BCUT2D eigenvalue weighted by molar-refractivity contribution is 0.373. The van der Waals surface area contributed by atoms with Gasteiger partial charge in [-0.1, -0.05) is 0 Å². The van der Waals surface area contributed by atoms with Crippen LogP contribution >= 0.6 is 0 Å². The van der Waals surface area contributed by atoms with Gasteiger partial charge in [0.05, 0.1) is 12.3 Å². The van der Waals surface area contributed by atoms with Crippen LogP contribution in [-0.4, -0.2) is 70.6 Å². The number of halogens is 1. The van der Waals surface area contributed by atoms with Gasteiger partial charge in [0.1, 0.15) is 15.7 Å². The molecule has 0 bridgehead atoms. The fourth-order valence-electron chi connectivity index (χ4n) is 2.57. The summed E-state index contributed by atoms with van der Waals surface area (Å²) in [5.74, 6) is 0.571. The van der Waals surface area contributed by atoms with Gasteiger partial charge in [-0.3, -0.25) is 4.99 Å². The zero-order chi connectivity index (χ0) is 17.6. The predicted molar refractivity (Wildman–Crippen MR) is 95.9 cm³/mol. The summed E-state index contributed by atoms with van der Waals surface area (Å²) in [4.78, 5) is 8.75. The highest BCUT2D eigenvalue weighted by Crippen LogP contribution is 2.16. The maximum Gasteiger partial charge on any atom is 0.194 e. The molecule has 1 N–H and O–H groups in total. The first-order chi connectivity index (χ1) is 11.4. The molecule has 24 heavy (non-hydrogen) atoms. The molecule has 2 rings (SSSR count). The third-order valence-corrected chi connectivity index (χ3v) is 4.75. The minimum Gasteiger partial charge on any atom is -0.368 e. The van der Waals surface area contributed by atoms with Crippen molar-refractivity contribution in [3.8, 4) is 0 Å². The van der Waals surface area contributed by atoms with Gasteiger partial charge in [-0.05, 0) is 31.2 Å². The SMILES string of the molecule is CCNC(=NCCS(C)(=O)=O)N1CCN(c2ccc(F)cc2)CC1. The normalized spacial score (nSPS) is 16.4. The van der Waals surface area contributed by atoms with Crippen molar-refractivity contribution in [1.29, 1.82) is 0 Å². The molecule has 134 valence electrons. The minimum absolute atomic E-state index is 0.0530. The second kappa shape index (κ2) is 8.32. The van der Waals surface area contributed by atoms with Crippen LogP contribution in [0, 0.1) is 5.82 Å². The molecule has 0 unspecified atom stereocenters. The first-order valence-electron chi connectivity index (χ1n) is 8.10. The average Bonchev–Trinajstić information content (AvgIpc) is 2.54.